The standard InChI is InChI=1S/C18H25ClN4O/c1-15(10-21-14-19)18(20-2)22-11-17-13-23(8-9-24-17)12-16-6-4-3-5-7-16/h3-7,10,17,22H,2,8-9,11-14H2,1H3/b18-15+,21-10-. The Hall–Kier alpha value is -1.69. The van der Waals surface area contributed by atoms with Crippen molar-refractivity contribution in [1.82, 2.24) is 10.2 Å². The van der Waals surface area contributed by atoms with Crippen LogP contribution in [0.3, 0.4) is 0 Å². The van der Waals surface area contributed by atoms with E-state index in [0.717, 1.165) is 31.8 Å². The molecule has 130 valence electrons. The molecule has 1 fully saturated rings. The number of halogens is 1. The summed E-state index contributed by atoms with van der Waals surface area (Å²) in [6, 6.07) is 10.7. The molecule has 6 heteroatoms. The van der Waals surface area contributed by atoms with E-state index in [0.29, 0.717) is 12.4 Å². The Bertz CT molecular complexity index is 574. The molecule has 1 aromatic rings. The Morgan fingerprint density at radius 2 is 2.25 bits per heavy atom. The van der Waals surface area contributed by atoms with Crippen molar-refractivity contribution < 1.29 is 4.74 Å². The molecule has 0 aliphatic carbocycles. The van der Waals surface area contributed by atoms with Gasteiger partial charge in [-0.15, -0.1) is 11.6 Å². The van der Waals surface area contributed by atoms with E-state index in [1.807, 2.05) is 13.0 Å². The summed E-state index contributed by atoms with van der Waals surface area (Å²) in [5.74, 6) is 0.715. The molecule has 0 saturated carbocycles. The number of benzene rings is 1. The average Bonchev–Trinajstić information content (AvgIpc) is 2.61. The van der Waals surface area contributed by atoms with Crippen molar-refractivity contribution in [2.45, 2.75) is 19.6 Å². The topological polar surface area (TPSA) is 49.2 Å². The lowest BCUT2D eigenvalue weighted by Gasteiger charge is -2.33. The normalized spacial score (nSPS) is 20.0. The molecule has 1 heterocycles. The van der Waals surface area contributed by atoms with E-state index < -0.39 is 0 Å². The van der Waals surface area contributed by atoms with Gasteiger partial charge in [-0.3, -0.25) is 9.89 Å². The van der Waals surface area contributed by atoms with E-state index in [1.54, 1.807) is 6.21 Å². The summed E-state index contributed by atoms with van der Waals surface area (Å²) in [7, 11) is 0. The number of aliphatic imine (C=N–C) groups is 2. The minimum atomic E-state index is 0.122. The Morgan fingerprint density at radius 3 is 2.96 bits per heavy atom. The Morgan fingerprint density at radius 1 is 1.46 bits per heavy atom. The third-order valence-electron chi connectivity index (χ3n) is 3.85. The maximum Gasteiger partial charge on any atom is 0.129 e. The van der Waals surface area contributed by atoms with E-state index in [2.05, 4.69) is 51.2 Å². The first-order valence-electron chi connectivity index (χ1n) is 8.08. The van der Waals surface area contributed by atoms with Crippen LogP contribution in [0, 0.1) is 0 Å². The number of hydrogen-bond donors (Lipinski definition) is 1. The first-order valence-corrected chi connectivity index (χ1v) is 8.61. The first kappa shape index (κ1) is 18.6. The number of rotatable bonds is 8. The third kappa shape index (κ3) is 6.07. The maximum absolute atomic E-state index is 5.86. The molecule has 0 amide bonds. The highest BCUT2D eigenvalue weighted by Crippen LogP contribution is 2.11. The van der Waals surface area contributed by atoms with Gasteiger partial charge in [0.1, 0.15) is 11.8 Å². The number of nitrogens with one attached hydrogen (secondary N) is 1. The second-order valence-electron chi connectivity index (χ2n) is 5.72. The minimum Gasteiger partial charge on any atom is -0.374 e. The maximum atomic E-state index is 5.86. The second-order valence-corrected chi connectivity index (χ2v) is 5.95. The van der Waals surface area contributed by atoms with Crippen molar-refractivity contribution in [1.29, 1.82) is 0 Å². The van der Waals surface area contributed by atoms with Crippen LogP contribution in [0.5, 0.6) is 0 Å². The van der Waals surface area contributed by atoms with E-state index in [9.17, 15) is 0 Å². The number of alkyl halides is 1. The largest absolute Gasteiger partial charge is 0.374 e. The fourth-order valence-electron chi connectivity index (χ4n) is 2.65. The van der Waals surface area contributed by atoms with Gasteiger partial charge in [-0.05, 0) is 19.2 Å². The molecule has 1 N–H and O–H groups in total. The molecular formula is C18H25ClN4O. The van der Waals surface area contributed by atoms with Gasteiger partial charge in [0, 0.05) is 38.0 Å². The fraction of sp³-hybridized carbons (Fsp3) is 0.444. The van der Waals surface area contributed by atoms with E-state index in [-0.39, 0.29) is 12.1 Å². The molecule has 0 spiro atoms. The number of ether oxygens (including phenoxy) is 1. The van der Waals surface area contributed by atoms with Crippen LogP contribution in [-0.4, -0.2) is 56.2 Å². The Balaban J connectivity index is 1.86. The highest BCUT2D eigenvalue weighted by molar-refractivity contribution is 6.18. The first-order chi connectivity index (χ1) is 11.7. The molecule has 1 aliphatic heterocycles. The number of nitrogens with zero attached hydrogens (tertiary/aromatic N) is 3. The van der Waals surface area contributed by atoms with Crippen molar-refractivity contribution in [3.8, 4) is 0 Å². The van der Waals surface area contributed by atoms with Gasteiger partial charge in [0.15, 0.2) is 0 Å². The molecule has 2 rings (SSSR count). The van der Waals surface area contributed by atoms with Crippen molar-refractivity contribution in [2.24, 2.45) is 9.98 Å². The van der Waals surface area contributed by atoms with Gasteiger partial charge < -0.3 is 10.1 Å². The van der Waals surface area contributed by atoms with Crippen LogP contribution in [0.4, 0.5) is 0 Å². The molecule has 24 heavy (non-hydrogen) atoms. The van der Waals surface area contributed by atoms with Gasteiger partial charge >= 0.3 is 0 Å². The molecular weight excluding hydrogens is 324 g/mol. The number of allylic oxidation sites excluding steroid dienone is 1. The second kappa shape index (κ2) is 10.2. The number of morpholine rings is 1. The summed E-state index contributed by atoms with van der Waals surface area (Å²) in [5, 5.41) is 3.30. The van der Waals surface area contributed by atoms with E-state index in [4.69, 9.17) is 16.3 Å². The summed E-state index contributed by atoms with van der Waals surface area (Å²) >= 11 is 5.56. The average molecular weight is 349 g/mol. The molecule has 0 radical (unpaired) electrons. The predicted octanol–water partition coefficient (Wildman–Crippen LogP) is 2.68. The molecule has 1 aliphatic rings. The van der Waals surface area contributed by atoms with Crippen LogP contribution < -0.4 is 5.32 Å². The van der Waals surface area contributed by atoms with Crippen LogP contribution in [0.1, 0.15) is 12.5 Å². The Kier molecular flexibility index (Phi) is 7.95. The lowest BCUT2D eigenvalue weighted by atomic mass is 10.2. The molecule has 0 aromatic heterocycles. The molecule has 1 atom stereocenters. The zero-order valence-electron chi connectivity index (χ0n) is 14.1. The van der Waals surface area contributed by atoms with Crippen LogP contribution in [0.25, 0.3) is 0 Å². The minimum absolute atomic E-state index is 0.122. The molecule has 1 aromatic carbocycles. The molecule has 1 saturated heterocycles. The monoisotopic (exact) mass is 348 g/mol. The lowest BCUT2D eigenvalue weighted by molar-refractivity contribution is -0.0289. The van der Waals surface area contributed by atoms with Gasteiger partial charge in [0.25, 0.3) is 0 Å². The molecule has 0 bridgehead atoms. The van der Waals surface area contributed by atoms with Crippen LogP contribution in [0.2, 0.25) is 0 Å². The summed E-state index contributed by atoms with van der Waals surface area (Å²) in [4.78, 5) is 10.5. The van der Waals surface area contributed by atoms with Gasteiger partial charge in [0.2, 0.25) is 0 Å². The summed E-state index contributed by atoms with van der Waals surface area (Å²) in [5.41, 5.74) is 2.23. The van der Waals surface area contributed by atoms with Gasteiger partial charge in [-0.25, -0.2) is 4.99 Å². The SMILES string of the molecule is C=N/C(NCC1CN(Cc2ccccc2)CCO1)=C(C)\C=N/CCl. The summed E-state index contributed by atoms with van der Waals surface area (Å²) in [6.45, 7) is 9.76. The van der Waals surface area contributed by atoms with Crippen molar-refractivity contribution in [3.63, 3.8) is 0 Å². The van der Waals surface area contributed by atoms with E-state index >= 15 is 0 Å². The number of hydrogen-bond acceptors (Lipinski definition) is 5. The fourth-order valence-corrected chi connectivity index (χ4v) is 2.72. The van der Waals surface area contributed by atoms with Crippen molar-refractivity contribution in [3.05, 3.63) is 47.3 Å². The van der Waals surface area contributed by atoms with Gasteiger partial charge in [0.05, 0.1) is 12.7 Å². The van der Waals surface area contributed by atoms with Gasteiger partial charge in [-0.1, -0.05) is 30.3 Å². The van der Waals surface area contributed by atoms with Crippen molar-refractivity contribution in [2.75, 3.05) is 32.2 Å². The zero-order valence-corrected chi connectivity index (χ0v) is 14.9. The summed E-state index contributed by atoms with van der Waals surface area (Å²) < 4.78 is 5.86. The van der Waals surface area contributed by atoms with Gasteiger partial charge in [-0.2, -0.15) is 0 Å². The summed E-state index contributed by atoms with van der Waals surface area (Å²) in [6.07, 6.45) is 1.82. The highest BCUT2D eigenvalue weighted by Gasteiger charge is 2.20. The predicted molar refractivity (Wildman–Crippen MR) is 101 cm³/mol. The molecule has 5 nitrogen and oxygen atoms in total. The van der Waals surface area contributed by atoms with Crippen LogP contribution >= 0.6 is 11.6 Å². The zero-order chi connectivity index (χ0) is 17.2. The third-order valence-corrected chi connectivity index (χ3v) is 3.99. The Labute approximate surface area is 149 Å². The highest BCUT2D eigenvalue weighted by atomic mass is 35.5. The van der Waals surface area contributed by atoms with Crippen molar-refractivity contribution >= 4 is 24.5 Å². The van der Waals surface area contributed by atoms with E-state index in [1.165, 1.54) is 5.56 Å². The smallest absolute Gasteiger partial charge is 0.129 e. The quantitative estimate of drug-likeness (QED) is 0.446. The van der Waals surface area contributed by atoms with Crippen LogP contribution in [-0.2, 0) is 11.3 Å². The van der Waals surface area contributed by atoms with Crippen LogP contribution in [0.15, 0.2) is 51.7 Å². The lowest BCUT2D eigenvalue weighted by Crippen LogP contribution is -2.46. The molecule has 1 unspecified atom stereocenters.